The Morgan fingerprint density at radius 3 is 2.48 bits per heavy atom. The van der Waals surface area contributed by atoms with Gasteiger partial charge in [-0.1, -0.05) is 55.2 Å². The zero-order valence-corrected chi connectivity index (χ0v) is 36.8. The largest absolute Gasteiger partial charge is 0.495 e. The molecule has 18 heteroatoms. The second-order valence-electron chi connectivity index (χ2n) is 16.3. The van der Waals surface area contributed by atoms with Crippen molar-refractivity contribution in [2.75, 3.05) is 46.3 Å². The molecule has 0 aliphatic carbocycles. The molecule has 0 saturated carbocycles. The topological polar surface area (TPSA) is 206 Å². The van der Waals surface area contributed by atoms with E-state index in [4.69, 9.17) is 35.3 Å². The number of anilines is 1. The number of allylic oxidation sites excluding steroid dienone is 3. The first-order valence-electron chi connectivity index (χ1n) is 20.5. The van der Waals surface area contributed by atoms with Gasteiger partial charge in [0.2, 0.25) is 5.91 Å². The lowest BCUT2D eigenvalue weighted by atomic mass is 9.83. The van der Waals surface area contributed by atoms with Gasteiger partial charge in [-0.15, -0.1) is 0 Å². The molecule has 2 saturated heterocycles. The van der Waals surface area contributed by atoms with Gasteiger partial charge in [0.1, 0.15) is 40.7 Å². The third-order valence-corrected chi connectivity index (χ3v) is 12.3. The third-order valence-electron chi connectivity index (χ3n) is 11.9. The molecule has 17 nitrogen and oxygen atoms in total. The number of unbranched alkanes of at least 4 members (excludes halogenated alkanes) is 3. The van der Waals surface area contributed by atoms with Gasteiger partial charge in [0, 0.05) is 58.8 Å². The Hall–Kier alpha value is -4.97. The van der Waals surface area contributed by atoms with E-state index in [1.54, 1.807) is 45.2 Å². The van der Waals surface area contributed by atoms with Crippen molar-refractivity contribution in [2.45, 2.75) is 114 Å². The van der Waals surface area contributed by atoms with E-state index in [2.05, 4.69) is 10.6 Å². The minimum absolute atomic E-state index is 0.0765. The van der Waals surface area contributed by atoms with Gasteiger partial charge in [-0.3, -0.25) is 24.6 Å². The summed E-state index contributed by atoms with van der Waals surface area (Å²) in [6.07, 6.45) is 5.91. The first-order valence-corrected chi connectivity index (χ1v) is 20.8. The molecule has 4 bridgehead atoms. The van der Waals surface area contributed by atoms with Crippen molar-refractivity contribution in [2.24, 2.45) is 5.92 Å². The molecular formula is C43H58ClN5O12. The summed E-state index contributed by atoms with van der Waals surface area (Å²) < 4.78 is 29.3. The number of rotatable bonds is 12. The number of aliphatic hydroxyl groups is 1. The lowest BCUT2D eigenvalue weighted by molar-refractivity contribution is -0.158. The van der Waals surface area contributed by atoms with Crippen LogP contribution in [0.4, 0.5) is 15.3 Å². The van der Waals surface area contributed by atoms with Gasteiger partial charge in [-0.2, -0.15) is 0 Å². The highest BCUT2D eigenvalue weighted by molar-refractivity contribution is 6.35. The Morgan fingerprint density at radius 2 is 1.80 bits per heavy atom. The van der Waals surface area contributed by atoms with Gasteiger partial charge in [0.25, 0.3) is 11.8 Å². The van der Waals surface area contributed by atoms with Crippen molar-refractivity contribution in [3.8, 4) is 5.75 Å². The van der Waals surface area contributed by atoms with Crippen LogP contribution in [-0.4, -0.2) is 134 Å². The number of esters is 1. The quantitative estimate of drug-likeness (QED) is 0.117. The molecule has 4 aliphatic rings. The van der Waals surface area contributed by atoms with Crippen LogP contribution in [-0.2, 0) is 44.5 Å². The second-order valence-corrected chi connectivity index (χ2v) is 16.7. The average Bonchev–Trinajstić information content (AvgIpc) is 3.82. The van der Waals surface area contributed by atoms with Gasteiger partial charge < -0.3 is 43.9 Å². The number of methoxy groups -OCH3 is 2. The van der Waals surface area contributed by atoms with Crippen LogP contribution in [0.5, 0.6) is 5.75 Å². The van der Waals surface area contributed by atoms with E-state index in [0.29, 0.717) is 43.8 Å². The first-order chi connectivity index (χ1) is 28.8. The van der Waals surface area contributed by atoms with Crippen molar-refractivity contribution >= 4 is 53.1 Å². The van der Waals surface area contributed by atoms with E-state index in [-0.39, 0.29) is 29.7 Å². The van der Waals surface area contributed by atoms with Gasteiger partial charge >= 0.3 is 18.1 Å². The fraction of sp³-hybridized carbons (Fsp3) is 0.581. The van der Waals surface area contributed by atoms with Crippen LogP contribution in [0.15, 0.2) is 48.1 Å². The predicted molar refractivity (Wildman–Crippen MR) is 224 cm³/mol. The van der Waals surface area contributed by atoms with E-state index < -0.39 is 71.7 Å². The standard InChI is InChI=1S/C43H58ClN5O12/c1-25-14-13-15-32(58-8)43(56)24-31(59-41(55)46-43)26(2)38-42(4,61-38)33(23-36(52)48(6)29-21-28(20-25)22-30(57-7)37(29)44)60-39(53)27(3)47(5)40(54)45-18-11-9-10-12-19-49-34(50)16-17-35(49)51/h13-17,21-22,26-27,31-33,38,56H,9-12,18-20,23-24H2,1-8H3,(H,45,54)(H,46,55)/b15-13+,25-14+/t26?,27-,31?,32?,33?,38?,42?,43?/m0/s1. The summed E-state index contributed by atoms with van der Waals surface area (Å²) in [6.45, 7) is 7.56. The highest BCUT2D eigenvalue weighted by Gasteiger charge is 2.64. The van der Waals surface area contributed by atoms with E-state index in [1.807, 2.05) is 13.0 Å². The smallest absolute Gasteiger partial charge is 0.409 e. The number of hydrogen-bond acceptors (Lipinski definition) is 12. The number of hydrogen-bond donors (Lipinski definition) is 3. The van der Waals surface area contributed by atoms with Gasteiger partial charge in [0.15, 0.2) is 5.72 Å². The van der Waals surface area contributed by atoms with Crippen LogP contribution < -0.4 is 20.3 Å². The number of urea groups is 1. The fourth-order valence-corrected chi connectivity index (χ4v) is 8.21. The Kier molecular flexibility index (Phi) is 15.3. The Balaban J connectivity index is 1.33. The van der Waals surface area contributed by atoms with Crippen molar-refractivity contribution < 1.29 is 57.6 Å². The third kappa shape index (κ3) is 10.9. The first kappa shape index (κ1) is 47.1. The predicted octanol–water partition coefficient (Wildman–Crippen LogP) is 4.18. The second kappa shape index (κ2) is 19.8. The molecule has 2 fully saturated rings. The van der Waals surface area contributed by atoms with Gasteiger partial charge in [-0.25, -0.2) is 14.4 Å². The average molecular weight is 872 g/mol. The molecule has 3 N–H and O–H groups in total. The molecule has 0 radical (unpaired) electrons. The molecule has 1 aromatic carbocycles. The summed E-state index contributed by atoms with van der Waals surface area (Å²) in [5.41, 5.74) is -1.05. The number of amides is 6. The summed E-state index contributed by atoms with van der Waals surface area (Å²) in [5, 5.41) is 17.3. The monoisotopic (exact) mass is 871 g/mol. The van der Waals surface area contributed by atoms with Gasteiger partial charge in [0.05, 0.1) is 25.3 Å². The number of epoxide rings is 1. The maximum Gasteiger partial charge on any atom is 0.409 e. The number of nitrogens with one attached hydrogen (secondary N) is 2. The molecule has 5 rings (SSSR count). The molecular weight excluding hydrogens is 814 g/mol. The minimum Gasteiger partial charge on any atom is -0.495 e. The van der Waals surface area contributed by atoms with Crippen LogP contribution >= 0.6 is 11.6 Å². The van der Waals surface area contributed by atoms with Crippen LogP contribution in [0.25, 0.3) is 0 Å². The Labute approximate surface area is 361 Å². The van der Waals surface area contributed by atoms with Crippen molar-refractivity contribution in [3.63, 3.8) is 0 Å². The molecule has 4 aliphatic heterocycles. The zero-order chi connectivity index (χ0) is 44.8. The van der Waals surface area contributed by atoms with E-state index in [1.165, 1.54) is 55.0 Å². The maximum absolute atomic E-state index is 14.2. The van der Waals surface area contributed by atoms with E-state index in [9.17, 15) is 33.9 Å². The summed E-state index contributed by atoms with van der Waals surface area (Å²) in [6, 6.07) is 1.96. The number of halogens is 1. The Morgan fingerprint density at radius 1 is 1.11 bits per heavy atom. The number of nitrogens with zero attached hydrogens (tertiary/aromatic N) is 3. The molecule has 0 aromatic heterocycles. The molecule has 8 atom stereocenters. The molecule has 6 amide bonds. The van der Waals surface area contributed by atoms with Crippen molar-refractivity contribution in [1.82, 2.24) is 20.4 Å². The summed E-state index contributed by atoms with van der Waals surface area (Å²) >= 11 is 6.78. The number of carbonyl (C=O) groups is 6. The zero-order valence-electron chi connectivity index (χ0n) is 36.0. The minimum atomic E-state index is -1.85. The van der Waals surface area contributed by atoms with Crippen molar-refractivity contribution in [1.29, 1.82) is 0 Å². The number of carbonyl (C=O) groups excluding carboxylic acids is 6. The van der Waals surface area contributed by atoms with Crippen LogP contribution in [0.2, 0.25) is 5.02 Å². The highest BCUT2D eigenvalue weighted by Crippen LogP contribution is 2.49. The van der Waals surface area contributed by atoms with E-state index in [0.717, 1.165) is 24.0 Å². The van der Waals surface area contributed by atoms with Gasteiger partial charge in [-0.05, 0) is 57.7 Å². The highest BCUT2D eigenvalue weighted by atomic mass is 35.5. The number of alkyl carbamates (subject to hydrolysis) is 1. The molecule has 7 unspecified atom stereocenters. The summed E-state index contributed by atoms with van der Waals surface area (Å²) in [4.78, 5) is 81.4. The Bertz CT molecular complexity index is 1940. The molecule has 334 valence electrons. The maximum atomic E-state index is 14.2. The lowest BCUT2D eigenvalue weighted by Crippen LogP contribution is -2.63. The normalized spacial score (nSPS) is 29.7. The summed E-state index contributed by atoms with van der Waals surface area (Å²) in [5.74, 6) is -2.10. The molecule has 1 aromatic rings. The molecule has 4 heterocycles. The van der Waals surface area contributed by atoms with Crippen LogP contribution in [0.3, 0.4) is 0 Å². The SMILES string of the molecule is COc1cc2cc(c1Cl)N(C)C(=O)CC(OC(=O)[C@H](C)N(C)C(=O)NCCCCCCN1C(=O)C=CC1=O)C1(C)OC1C(C)C1CC(O)(NC(=O)O1)C(OC)/C=C/C=C(\C)C2. The number of likely N-dealkylation sites (N-methyl/N-ethyl adjacent to an activating group) is 1. The number of fused-ring (bicyclic) bond motifs is 5. The van der Waals surface area contributed by atoms with Crippen LogP contribution in [0, 0.1) is 5.92 Å². The molecule has 61 heavy (non-hydrogen) atoms. The van der Waals surface area contributed by atoms with Crippen molar-refractivity contribution in [3.05, 3.63) is 58.7 Å². The molecule has 0 spiro atoms. The summed E-state index contributed by atoms with van der Waals surface area (Å²) in [7, 11) is 5.91. The van der Waals surface area contributed by atoms with Crippen LogP contribution in [0.1, 0.15) is 71.8 Å². The number of imide groups is 1. The fourth-order valence-electron chi connectivity index (χ4n) is 7.90. The number of ether oxygens (including phenoxy) is 5. The lowest BCUT2D eigenvalue weighted by Gasteiger charge is -2.42. The number of benzene rings is 1. The van der Waals surface area contributed by atoms with E-state index >= 15 is 0 Å².